The van der Waals surface area contributed by atoms with Crippen molar-refractivity contribution in [1.29, 1.82) is 0 Å². The average Bonchev–Trinajstić information content (AvgIpc) is 3.39. The third kappa shape index (κ3) is 7.01. The van der Waals surface area contributed by atoms with Crippen LogP contribution in [0, 0.1) is 5.82 Å². The summed E-state index contributed by atoms with van der Waals surface area (Å²) in [5.41, 5.74) is 7.46. The number of benzene rings is 3. The van der Waals surface area contributed by atoms with Crippen molar-refractivity contribution in [2.75, 3.05) is 49.3 Å². The van der Waals surface area contributed by atoms with Crippen molar-refractivity contribution in [3.63, 3.8) is 0 Å². The standard InChI is InChI=1S/C30H34FN5OS.ClH/c31-24-13-14-27(28(32)23-24)30(37)33-16-7-8-17-34-18-20-35(21-19-34)29-15-22-38(26-11-5-2-6-12-26)36(29)25-9-3-1-4-10-25;/h1-6,9-15,22-23H,7-8,16-21,32H2,(H,33,37);1H. The van der Waals surface area contributed by atoms with Gasteiger partial charge >= 0.3 is 0 Å². The Morgan fingerprint density at radius 3 is 2.31 bits per heavy atom. The number of halogens is 2. The summed E-state index contributed by atoms with van der Waals surface area (Å²) >= 11 is 0. The first-order chi connectivity index (χ1) is 18.6. The molecule has 1 atom stereocenters. The molecule has 9 heteroatoms. The van der Waals surface area contributed by atoms with Crippen LogP contribution in [0.4, 0.5) is 15.8 Å². The summed E-state index contributed by atoms with van der Waals surface area (Å²) < 4.78 is 15.7. The van der Waals surface area contributed by atoms with E-state index in [4.69, 9.17) is 5.73 Å². The minimum Gasteiger partial charge on any atom is -0.398 e. The molecule has 3 aromatic carbocycles. The highest BCUT2D eigenvalue weighted by Crippen LogP contribution is 2.42. The smallest absolute Gasteiger partial charge is 0.253 e. The van der Waals surface area contributed by atoms with Crippen LogP contribution in [0.3, 0.4) is 0 Å². The van der Waals surface area contributed by atoms with Crippen LogP contribution in [-0.2, 0) is 0 Å². The van der Waals surface area contributed by atoms with Gasteiger partial charge in [-0.3, -0.25) is 14.0 Å². The molecule has 2 aliphatic rings. The fraction of sp³-hybridized carbons (Fsp3) is 0.267. The van der Waals surface area contributed by atoms with E-state index in [1.807, 2.05) is 0 Å². The van der Waals surface area contributed by atoms with Crippen LogP contribution < -0.4 is 15.4 Å². The predicted octanol–water partition coefficient (Wildman–Crippen LogP) is 5.36. The van der Waals surface area contributed by atoms with E-state index in [1.54, 1.807) is 0 Å². The van der Waals surface area contributed by atoms with E-state index in [0.29, 0.717) is 12.1 Å². The largest absolute Gasteiger partial charge is 0.398 e. The Morgan fingerprint density at radius 1 is 0.923 bits per heavy atom. The van der Waals surface area contributed by atoms with E-state index in [-0.39, 0.29) is 34.7 Å². The number of carbonyl (C=O) groups excluding carboxylic acids is 1. The molecule has 1 unspecified atom stereocenters. The normalized spacial score (nSPS) is 17.3. The topological polar surface area (TPSA) is 64.8 Å². The number of carbonyl (C=O) groups is 1. The van der Waals surface area contributed by atoms with Gasteiger partial charge in [-0.2, -0.15) is 0 Å². The molecule has 0 aromatic heterocycles. The molecule has 39 heavy (non-hydrogen) atoms. The molecule has 2 aliphatic heterocycles. The zero-order chi connectivity index (χ0) is 26.3. The van der Waals surface area contributed by atoms with Gasteiger partial charge in [0.1, 0.15) is 11.6 Å². The zero-order valence-corrected chi connectivity index (χ0v) is 23.5. The highest BCUT2D eigenvalue weighted by atomic mass is 35.5. The molecule has 206 valence electrons. The molecule has 2 heterocycles. The molecule has 1 fully saturated rings. The quantitative estimate of drug-likeness (QED) is 0.207. The molecule has 0 aliphatic carbocycles. The van der Waals surface area contributed by atoms with Gasteiger partial charge in [0.25, 0.3) is 5.91 Å². The molecule has 1 amide bonds. The van der Waals surface area contributed by atoms with E-state index < -0.39 is 5.82 Å². The molecular weight excluding hydrogens is 533 g/mol. The second kappa shape index (κ2) is 13.6. The fourth-order valence-electron chi connectivity index (χ4n) is 4.84. The highest BCUT2D eigenvalue weighted by Gasteiger charge is 2.28. The Balaban J connectivity index is 0.00000353. The lowest BCUT2D eigenvalue weighted by Crippen LogP contribution is -2.48. The van der Waals surface area contributed by atoms with Gasteiger partial charge in [0.2, 0.25) is 0 Å². The molecule has 1 saturated heterocycles. The number of nitrogens with two attached hydrogens (primary N) is 1. The number of hydrogen-bond acceptors (Lipinski definition) is 5. The number of para-hydroxylation sites is 1. The molecule has 0 bridgehead atoms. The number of nitrogens with zero attached hydrogens (tertiary/aromatic N) is 3. The predicted molar refractivity (Wildman–Crippen MR) is 163 cm³/mol. The van der Waals surface area contributed by atoms with Crippen molar-refractivity contribution >= 4 is 45.7 Å². The summed E-state index contributed by atoms with van der Waals surface area (Å²) in [6.07, 6.45) is 4.17. The van der Waals surface area contributed by atoms with Crippen LogP contribution in [0.2, 0.25) is 0 Å². The lowest BCUT2D eigenvalue weighted by Gasteiger charge is -2.40. The van der Waals surface area contributed by atoms with Crippen molar-refractivity contribution < 1.29 is 9.18 Å². The highest BCUT2D eigenvalue weighted by molar-refractivity contribution is 8.16. The minimum atomic E-state index is -0.439. The number of allylic oxidation sites excluding steroid dienone is 1. The SMILES string of the molecule is Cl.Nc1cc(F)ccc1C(=O)NCCCCN1CCN(C2=CC=S(c3ccccc3)N2c2ccccc2)CC1. The Bertz CT molecular complexity index is 1310. The summed E-state index contributed by atoms with van der Waals surface area (Å²) in [5, 5.41) is 5.23. The molecule has 5 rings (SSSR count). The van der Waals surface area contributed by atoms with Gasteiger partial charge < -0.3 is 16.0 Å². The van der Waals surface area contributed by atoms with Crippen LogP contribution in [0.1, 0.15) is 23.2 Å². The second-order valence-corrected chi connectivity index (χ2v) is 11.2. The van der Waals surface area contributed by atoms with Crippen LogP contribution in [0.25, 0.3) is 0 Å². The fourth-order valence-corrected chi connectivity index (χ4v) is 6.74. The lowest BCUT2D eigenvalue weighted by molar-refractivity contribution is 0.0953. The van der Waals surface area contributed by atoms with Crippen molar-refractivity contribution in [3.8, 4) is 0 Å². The van der Waals surface area contributed by atoms with Crippen LogP contribution in [0.15, 0.2) is 95.7 Å². The monoisotopic (exact) mass is 567 g/mol. The van der Waals surface area contributed by atoms with Gasteiger partial charge in [0.05, 0.1) is 11.3 Å². The van der Waals surface area contributed by atoms with E-state index in [0.717, 1.165) is 45.6 Å². The number of amides is 1. The van der Waals surface area contributed by atoms with Gasteiger partial charge in [0.15, 0.2) is 0 Å². The van der Waals surface area contributed by atoms with Crippen molar-refractivity contribution in [2.45, 2.75) is 17.7 Å². The number of rotatable bonds is 9. The summed E-state index contributed by atoms with van der Waals surface area (Å²) in [5.74, 6) is 0.576. The van der Waals surface area contributed by atoms with Crippen molar-refractivity contribution in [1.82, 2.24) is 15.1 Å². The molecular formula is C30H35ClFN5OS. The summed E-state index contributed by atoms with van der Waals surface area (Å²) in [4.78, 5) is 18.6. The molecule has 3 aromatic rings. The molecule has 6 nitrogen and oxygen atoms in total. The van der Waals surface area contributed by atoms with E-state index in [2.05, 4.69) is 91.5 Å². The number of unbranched alkanes of at least 4 members (excludes halogenated alkanes) is 1. The third-order valence-corrected chi connectivity index (χ3v) is 8.81. The maximum absolute atomic E-state index is 13.2. The Labute approximate surface area is 238 Å². The number of piperazine rings is 1. The van der Waals surface area contributed by atoms with Gasteiger partial charge in [-0.15, -0.1) is 12.4 Å². The number of hydrogen-bond donors (Lipinski definition) is 2. The number of nitrogen functional groups attached to an aromatic ring is 1. The van der Waals surface area contributed by atoms with Gasteiger partial charge in [-0.25, -0.2) is 4.39 Å². The van der Waals surface area contributed by atoms with Crippen molar-refractivity contribution in [3.05, 3.63) is 102 Å². The molecule has 0 saturated carbocycles. The summed E-state index contributed by atoms with van der Waals surface area (Å²) in [6, 6.07) is 25.2. The summed E-state index contributed by atoms with van der Waals surface area (Å²) in [7, 11) is -0.148. The van der Waals surface area contributed by atoms with Gasteiger partial charge in [-0.1, -0.05) is 47.1 Å². The molecule has 0 radical (unpaired) electrons. The minimum absolute atomic E-state index is 0. The van der Waals surface area contributed by atoms with Crippen LogP contribution in [-0.4, -0.2) is 60.3 Å². The maximum atomic E-state index is 13.2. The lowest BCUT2D eigenvalue weighted by atomic mass is 10.1. The van der Waals surface area contributed by atoms with Crippen LogP contribution in [0.5, 0.6) is 0 Å². The first-order valence-electron chi connectivity index (χ1n) is 13.1. The number of anilines is 2. The zero-order valence-electron chi connectivity index (χ0n) is 21.8. The van der Waals surface area contributed by atoms with E-state index >= 15 is 0 Å². The first kappa shape index (κ1) is 28.7. The Hall–Kier alpha value is -3.33. The third-order valence-electron chi connectivity index (χ3n) is 6.87. The van der Waals surface area contributed by atoms with Crippen molar-refractivity contribution in [2.24, 2.45) is 0 Å². The first-order valence-corrected chi connectivity index (χ1v) is 14.3. The van der Waals surface area contributed by atoms with Gasteiger partial charge in [0, 0.05) is 43.3 Å². The maximum Gasteiger partial charge on any atom is 0.253 e. The Morgan fingerprint density at radius 2 is 1.62 bits per heavy atom. The van der Waals surface area contributed by atoms with E-state index in [1.165, 1.54) is 34.6 Å². The molecule has 3 N–H and O–H groups in total. The van der Waals surface area contributed by atoms with Gasteiger partial charge in [-0.05, 0) is 73.3 Å². The van der Waals surface area contributed by atoms with Crippen LogP contribution >= 0.6 is 23.1 Å². The summed E-state index contributed by atoms with van der Waals surface area (Å²) in [6.45, 7) is 5.57. The Kier molecular flexibility index (Phi) is 10.0. The average molecular weight is 568 g/mol. The number of nitrogens with one attached hydrogen (secondary N) is 1. The van der Waals surface area contributed by atoms with E-state index in [9.17, 15) is 9.18 Å². The molecule has 0 spiro atoms. The second-order valence-electron chi connectivity index (χ2n) is 9.44.